The molecule has 0 unspecified atom stereocenters. The molecule has 2 aromatic heterocycles. The predicted molar refractivity (Wildman–Crippen MR) is 122 cm³/mol. The first-order valence-electron chi connectivity index (χ1n) is 11.1. The monoisotopic (exact) mass is 432 g/mol. The van der Waals surface area contributed by atoms with Crippen molar-refractivity contribution >= 4 is 33.1 Å². The Morgan fingerprint density at radius 2 is 2.10 bits per heavy atom. The molecule has 3 heterocycles. The molecule has 1 aliphatic heterocycles. The second-order valence-corrected chi connectivity index (χ2v) is 11.4. The summed E-state index contributed by atoms with van der Waals surface area (Å²) in [4.78, 5) is 12.5. The van der Waals surface area contributed by atoms with Gasteiger partial charge in [-0.25, -0.2) is 0 Å². The van der Waals surface area contributed by atoms with Gasteiger partial charge in [0.05, 0.1) is 0 Å². The number of carbonyl (C=O) groups is 1. The third-order valence-corrected chi connectivity index (χ3v) is 9.41. The zero-order chi connectivity index (χ0) is 19.9. The van der Waals surface area contributed by atoms with E-state index in [0.29, 0.717) is 6.42 Å². The van der Waals surface area contributed by atoms with E-state index in [4.69, 9.17) is 0 Å². The van der Waals surface area contributed by atoms with Gasteiger partial charge < -0.3 is 5.32 Å². The number of carbonyl (C=O) groups excluding carboxylic acids is 1. The van der Waals surface area contributed by atoms with Crippen molar-refractivity contribution in [1.29, 1.82) is 0 Å². The first kappa shape index (κ1) is 21.0. The van der Waals surface area contributed by atoms with Crippen molar-refractivity contribution in [3.05, 3.63) is 30.2 Å². The highest BCUT2D eigenvalue weighted by molar-refractivity contribution is 8.77. The molecule has 1 atom stereocenters. The number of pyridine rings is 1. The minimum absolute atomic E-state index is 0.116. The van der Waals surface area contributed by atoms with Crippen LogP contribution in [0, 0.1) is 5.41 Å². The molecule has 1 N–H and O–H groups in total. The number of amides is 1. The topological polar surface area (TPSA) is 59.3 Å². The molecule has 0 radical (unpaired) electrons. The Labute approximate surface area is 181 Å². The quantitative estimate of drug-likeness (QED) is 0.444. The summed E-state index contributed by atoms with van der Waals surface area (Å²) in [7, 11) is 4.03. The molecule has 5 nitrogen and oxygen atoms in total. The van der Waals surface area contributed by atoms with Crippen molar-refractivity contribution in [2.45, 2.75) is 75.9 Å². The van der Waals surface area contributed by atoms with Crippen LogP contribution in [-0.2, 0) is 11.2 Å². The summed E-state index contributed by atoms with van der Waals surface area (Å²) in [6, 6.07) is 6.02. The minimum Gasteiger partial charge on any atom is -0.356 e. The average molecular weight is 433 g/mol. The Bertz CT molecular complexity index is 797. The van der Waals surface area contributed by atoms with Crippen LogP contribution in [0.1, 0.15) is 70.0 Å². The molecule has 1 aliphatic carbocycles. The lowest BCUT2D eigenvalue weighted by atomic mass is 9.71. The van der Waals surface area contributed by atoms with E-state index in [0.717, 1.165) is 48.9 Å². The smallest absolute Gasteiger partial charge is 0.220 e. The van der Waals surface area contributed by atoms with Gasteiger partial charge in [0.1, 0.15) is 5.82 Å². The third-order valence-electron chi connectivity index (χ3n) is 6.40. The molecule has 1 saturated carbocycles. The molecule has 0 bridgehead atoms. The van der Waals surface area contributed by atoms with E-state index in [2.05, 4.69) is 19.9 Å². The molecular formula is C22H32N4OS2. The van der Waals surface area contributed by atoms with Gasteiger partial charge in [0.2, 0.25) is 5.91 Å². The van der Waals surface area contributed by atoms with Crippen molar-refractivity contribution in [3.8, 4) is 0 Å². The number of hydrogen-bond donors (Lipinski definition) is 1. The highest BCUT2D eigenvalue weighted by atomic mass is 33.1. The van der Waals surface area contributed by atoms with Gasteiger partial charge in [-0.05, 0) is 49.7 Å². The summed E-state index contributed by atoms with van der Waals surface area (Å²) in [6.45, 7) is 0.767. The van der Waals surface area contributed by atoms with E-state index in [1.807, 2.05) is 46.0 Å². The molecule has 2 fully saturated rings. The van der Waals surface area contributed by atoms with Gasteiger partial charge in [-0.1, -0.05) is 53.3 Å². The Hall–Kier alpha value is -1.21. The lowest BCUT2D eigenvalue weighted by molar-refractivity contribution is -0.121. The maximum atomic E-state index is 12.5. The van der Waals surface area contributed by atoms with Gasteiger partial charge in [-0.2, -0.15) is 0 Å². The Balaban J connectivity index is 1.29. The van der Waals surface area contributed by atoms with Crippen molar-refractivity contribution in [2.24, 2.45) is 5.41 Å². The number of hydrogen-bond acceptors (Lipinski definition) is 5. The average Bonchev–Trinajstić information content (AvgIpc) is 3.41. The number of fused-ring (bicyclic) bond motifs is 1. The van der Waals surface area contributed by atoms with E-state index < -0.39 is 0 Å². The van der Waals surface area contributed by atoms with Gasteiger partial charge in [0, 0.05) is 36.6 Å². The predicted octanol–water partition coefficient (Wildman–Crippen LogP) is 5.05. The van der Waals surface area contributed by atoms with Crippen molar-refractivity contribution < 1.29 is 4.79 Å². The van der Waals surface area contributed by atoms with Crippen LogP contribution in [0.5, 0.6) is 0 Å². The van der Waals surface area contributed by atoms with E-state index in [9.17, 15) is 4.79 Å². The van der Waals surface area contributed by atoms with Gasteiger partial charge in [-0.3, -0.25) is 9.20 Å². The summed E-state index contributed by atoms with van der Waals surface area (Å²) in [5, 5.41) is 12.9. The van der Waals surface area contributed by atoms with Gasteiger partial charge in [0.15, 0.2) is 5.65 Å². The second-order valence-electron chi connectivity index (χ2n) is 8.63. The van der Waals surface area contributed by atoms with E-state index in [-0.39, 0.29) is 11.3 Å². The lowest BCUT2D eigenvalue weighted by Crippen LogP contribution is -2.40. The Kier molecular flexibility index (Phi) is 7.40. The first-order valence-corrected chi connectivity index (χ1v) is 13.5. The summed E-state index contributed by atoms with van der Waals surface area (Å²) in [6.07, 6.45) is 14.5. The number of nitrogens with one attached hydrogen (secondary N) is 1. The Morgan fingerprint density at radius 3 is 2.93 bits per heavy atom. The van der Waals surface area contributed by atoms with Crippen molar-refractivity contribution in [1.82, 2.24) is 19.9 Å². The summed E-state index contributed by atoms with van der Waals surface area (Å²) in [5.41, 5.74) is 1.01. The minimum atomic E-state index is 0.116. The second kappa shape index (κ2) is 10.2. The molecule has 7 heteroatoms. The number of nitrogens with zero attached hydrogens (tertiary/aromatic N) is 3. The molecule has 1 amide bonds. The first-order chi connectivity index (χ1) is 14.2. The van der Waals surface area contributed by atoms with Crippen LogP contribution in [0.15, 0.2) is 24.4 Å². The molecule has 0 aromatic carbocycles. The van der Waals surface area contributed by atoms with E-state index in [1.54, 1.807) is 0 Å². The number of rotatable bonds is 9. The van der Waals surface area contributed by atoms with E-state index in [1.165, 1.54) is 44.3 Å². The number of unbranched alkanes of at least 4 members (excludes halogenated alkanes) is 1. The highest BCUT2D eigenvalue weighted by Crippen LogP contribution is 2.40. The summed E-state index contributed by atoms with van der Waals surface area (Å²) < 4.78 is 2.09. The zero-order valence-electron chi connectivity index (χ0n) is 17.1. The highest BCUT2D eigenvalue weighted by Gasteiger charge is 2.34. The molecule has 4 rings (SSSR count). The summed E-state index contributed by atoms with van der Waals surface area (Å²) in [5.74, 6) is 2.53. The largest absolute Gasteiger partial charge is 0.356 e. The molecule has 0 spiro atoms. The normalized spacial score (nSPS) is 21.4. The fourth-order valence-corrected chi connectivity index (χ4v) is 7.69. The maximum absolute atomic E-state index is 12.5. The fraction of sp³-hybridized carbons (Fsp3) is 0.682. The molecule has 2 aliphatic rings. The van der Waals surface area contributed by atoms with Crippen LogP contribution in [0.4, 0.5) is 0 Å². The van der Waals surface area contributed by atoms with Gasteiger partial charge >= 0.3 is 0 Å². The SMILES string of the molecule is O=C(CCCC[C@@H]1CCSS1)NCC1(Cc2nnc3ccccn23)CCCCC1. The molecule has 2 aromatic rings. The third kappa shape index (κ3) is 5.69. The van der Waals surface area contributed by atoms with Gasteiger partial charge in [-0.15, -0.1) is 10.2 Å². The fourth-order valence-electron chi connectivity index (χ4n) is 4.66. The van der Waals surface area contributed by atoms with Crippen LogP contribution in [0.3, 0.4) is 0 Å². The van der Waals surface area contributed by atoms with Crippen LogP contribution in [0.25, 0.3) is 5.65 Å². The molecule has 158 valence electrons. The summed E-state index contributed by atoms with van der Waals surface area (Å²) >= 11 is 0. The maximum Gasteiger partial charge on any atom is 0.220 e. The van der Waals surface area contributed by atoms with Gasteiger partial charge in [0.25, 0.3) is 0 Å². The van der Waals surface area contributed by atoms with Crippen LogP contribution < -0.4 is 5.32 Å². The molecule has 1 saturated heterocycles. The Morgan fingerprint density at radius 1 is 1.21 bits per heavy atom. The van der Waals surface area contributed by atoms with Crippen molar-refractivity contribution in [2.75, 3.05) is 12.3 Å². The van der Waals surface area contributed by atoms with Crippen LogP contribution >= 0.6 is 21.6 Å². The standard InChI is InChI=1S/C22H32N4OS2/c27-21(10-3-2-8-18-11-15-28-29-18)23-17-22(12-5-1-6-13-22)16-20-25-24-19-9-4-7-14-26(19)20/h4,7,9,14,18H,1-3,5-6,8,10-13,15-17H2,(H,23,27)/t18-/m1/s1. The van der Waals surface area contributed by atoms with Crippen molar-refractivity contribution in [3.63, 3.8) is 0 Å². The molecule has 29 heavy (non-hydrogen) atoms. The van der Waals surface area contributed by atoms with E-state index >= 15 is 0 Å². The zero-order valence-corrected chi connectivity index (χ0v) is 18.8. The molecular weight excluding hydrogens is 400 g/mol. The van der Waals surface area contributed by atoms with Crippen LogP contribution in [0.2, 0.25) is 0 Å². The van der Waals surface area contributed by atoms with Crippen LogP contribution in [-0.4, -0.2) is 38.1 Å². The lowest BCUT2D eigenvalue weighted by Gasteiger charge is -2.37. The number of aromatic nitrogens is 3.